The number of ether oxygens (including phenoxy) is 4. The number of hydrogen-bond donors (Lipinski definition) is 3. The number of benzene rings is 2. The van der Waals surface area contributed by atoms with E-state index in [2.05, 4.69) is 21.2 Å². The largest absolute Gasteiger partial charge is 0.496 e. The molecule has 196 valence electrons. The first-order valence-electron chi connectivity index (χ1n) is 11.5. The second-order valence-electron chi connectivity index (χ2n) is 8.01. The van der Waals surface area contributed by atoms with Crippen molar-refractivity contribution in [2.24, 2.45) is 5.10 Å². The van der Waals surface area contributed by atoms with Crippen molar-refractivity contribution in [1.29, 1.82) is 0 Å². The smallest absolute Gasteiger partial charge is 0.338 e. The van der Waals surface area contributed by atoms with Gasteiger partial charge in [-0.05, 0) is 55.7 Å². The first kappa shape index (κ1) is 27.1. The van der Waals surface area contributed by atoms with Crippen LogP contribution in [-0.2, 0) is 14.3 Å². The Hall–Kier alpha value is -4.54. The molecule has 1 aliphatic heterocycles. The lowest BCUT2D eigenvalue weighted by Crippen LogP contribution is -2.45. The lowest BCUT2D eigenvalue weighted by atomic mass is 9.95. The Kier molecular flexibility index (Phi) is 9.09. The third kappa shape index (κ3) is 6.78. The number of hydrogen-bond acceptors (Lipinski definition) is 8. The second-order valence-corrected chi connectivity index (χ2v) is 8.01. The zero-order valence-corrected chi connectivity index (χ0v) is 21.3. The van der Waals surface area contributed by atoms with Crippen LogP contribution in [0.15, 0.2) is 52.8 Å². The average molecular weight is 511 g/mol. The third-order valence-electron chi connectivity index (χ3n) is 5.48. The number of carbonyl (C=O) groups is 3. The molecule has 3 amide bonds. The molecular weight excluding hydrogens is 480 g/mol. The van der Waals surface area contributed by atoms with Crippen LogP contribution in [0.5, 0.6) is 17.2 Å². The van der Waals surface area contributed by atoms with E-state index in [-0.39, 0.29) is 18.8 Å². The quantitative estimate of drug-likeness (QED) is 0.254. The number of aryl methyl sites for hydroxylation is 1. The van der Waals surface area contributed by atoms with Crippen LogP contribution in [-0.4, -0.2) is 51.6 Å². The summed E-state index contributed by atoms with van der Waals surface area (Å²) in [5, 5.41) is 9.26. The van der Waals surface area contributed by atoms with E-state index >= 15 is 0 Å². The molecule has 0 saturated heterocycles. The number of amides is 3. The average Bonchev–Trinajstić information content (AvgIpc) is 2.87. The topological polar surface area (TPSA) is 137 Å². The van der Waals surface area contributed by atoms with Gasteiger partial charge in [-0.15, -0.1) is 0 Å². The Balaban J connectivity index is 1.68. The van der Waals surface area contributed by atoms with Crippen molar-refractivity contribution in [3.63, 3.8) is 0 Å². The molecule has 2 aromatic rings. The SMILES string of the molecule is CCOC(=O)C1=C(C)NC(=O)N[C@@H]1c1ccc(OCC(=O)N/N=C/c2ccc(C)c(OC)c2)c(OC)c1. The van der Waals surface area contributed by atoms with Gasteiger partial charge in [-0.1, -0.05) is 18.2 Å². The molecule has 0 unspecified atom stereocenters. The molecule has 0 aromatic heterocycles. The number of carbonyl (C=O) groups excluding carboxylic acids is 3. The molecule has 0 bridgehead atoms. The fourth-order valence-corrected chi connectivity index (χ4v) is 3.68. The fraction of sp³-hybridized carbons (Fsp3) is 0.308. The predicted octanol–water partition coefficient (Wildman–Crippen LogP) is 2.73. The van der Waals surface area contributed by atoms with Gasteiger partial charge in [-0.25, -0.2) is 15.0 Å². The molecule has 3 N–H and O–H groups in total. The molecule has 11 heteroatoms. The van der Waals surface area contributed by atoms with Gasteiger partial charge in [0.2, 0.25) is 0 Å². The van der Waals surface area contributed by atoms with E-state index in [1.807, 2.05) is 25.1 Å². The molecular formula is C26H30N4O7. The highest BCUT2D eigenvalue weighted by Crippen LogP contribution is 2.34. The van der Waals surface area contributed by atoms with Crippen molar-refractivity contribution < 1.29 is 33.3 Å². The number of urea groups is 1. The van der Waals surface area contributed by atoms with Gasteiger partial charge in [0.25, 0.3) is 5.91 Å². The minimum atomic E-state index is -0.756. The van der Waals surface area contributed by atoms with Crippen LogP contribution in [0.3, 0.4) is 0 Å². The van der Waals surface area contributed by atoms with E-state index in [0.29, 0.717) is 22.8 Å². The molecule has 1 heterocycles. The standard InChI is InChI=1S/C26H30N4O7/c1-6-36-25(32)23-16(3)28-26(33)29-24(23)18-9-10-19(21(12-18)35-5)37-14-22(31)30-27-13-17-8-7-15(2)20(11-17)34-4/h7-13,24H,6,14H2,1-5H3,(H,30,31)(H2,28,29,33)/b27-13+/t24-/m1/s1. The van der Waals surface area contributed by atoms with Crippen LogP contribution >= 0.6 is 0 Å². The Morgan fingerprint density at radius 3 is 2.51 bits per heavy atom. The summed E-state index contributed by atoms with van der Waals surface area (Å²) in [6, 6.07) is 9.23. The predicted molar refractivity (Wildman–Crippen MR) is 136 cm³/mol. The van der Waals surface area contributed by atoms with Gasteiger partial charge >= 0.3 is 12.0 Å². The third-order valence-corrected chi connectivity index (χ3v) is 5.48. The van der Waals surface area contributed by atoms with E-state index in [1.54, 1.807) is 39.2 Å². The fourth-order valence-electron chi connectivity index (χ4n) is 3.68. The molecule has 37 heavy (non-hydrogen) atoms. The maximum absolute atomic E-state index is 12.5. The maximum atomic E-state index is 12.5. The first-order chi connectivity index (χ1) is 17.8. The zero-order valence-electron chi connectivity index (χ0n) is 21.3. The van der Waals surface area contributed by atoms with E-state index in [4.69, 9.17) is 18.9 Å². The minimum Gasteiger partial charge on any atom is -0.496 e. The van der Waals surface area contributed by atoms with E-state index in [9.17, 15) is 14.4 Å². The summed E-state index contributed by atoms with van der Waals surface area (Å²) in [6.07, 6.45) is 1.50. The molecule has 1 aliphatic rings. The number of hydrazone groups is 1. The molecule has 0 radical (unpaired) electrons. The number of allylic oxidation sites excluding steroid dienone is 1. The monoisotopic (exact) mass is 510 g/mol. The van der Waals surface area contributed by atoms with Gasteiger partial charge < -0.3 is 29.6 Å². The van der Waals surface area contributed by atoms with Gasteiger partial charge in [0.15, 0.2) is 18.1 Å². The van der Waals surface area contributed by atoms with Crippen LogP contribution in [0.25, 0.3) is 0 Å². The van der Waals surface area contributed by atoms with Gasteiger partial charge in [-0.2, -0.15) is 5.10 Å². The lowest BCUT2D eigenvalue weighted by molar-refractivity contribution is -0.139. The van der Waals surface area contributed by atoms with E-state index < -0.39 is 23.9 Å². The summed E-state index contributed by atoms with van der Waals surface area (Å²) in [5.41, 5.74) is 5.40. The van der Waals surface area contributed by atoms with Crippen molar-refractivity contribution in [3.05, 3.63) is 64.4 Å². The van der Waals surface area contributed by atoms with Crippen molar-refractivity contribution in [2.45, 2.75) is 26.8 Å². The van der Waals surface area contributed by atoms with Crippen molar-refractivity contribution in [2.75, 3.05) is 27.4 Å². The highest BCUT2D eigenvalue weighted by atomic mass is 16.5. The highest BCUT2D eigenvalue weighted by Gasteiger charge is 2.32. The van der Waals surface area contributed by atoms with Crippen LogP contribution in [0, 0.1) is 6.92 Å². The maximum Gasteiger partial charge on any atom is 0.338 e. The first-order valence-corrected chi connectivity index (χ1v) is 11.5. The highest BCUT2D eigenvalue weighted by molar-refractivity contribution is 5.95. The van der Waals surface area contributed by atoms with Gasteiger partial charge in [0, 0.05) is 5.70 Å². The molecule has 1 atom stereocenters. The number of rotatable bonds is 10. The van der Waals surface area contributed by atoms with Crippen molar-refractivity contribution >= 4 is 24.1 Å². The molecule has 2 aromatic carbocycles. The summed E-state index contributed by atoms with van der Waals surface area (Å²) in [7, 11) is 3.03. The van der Waals surface area contributed by atoms with E-state index in [0.717, 1.165) is 16.9 Å². The number of nitrogens with zero attached hydrogens (tertiary/aromatic N) is 1. The van der Waals surface area contributed by atoms with E-state index in [1.165, 1.54) is 13.3 Å². The lowest BCUT2D eigenvalue weighted by Gasteiger charge is -2.28. The Bertz CT molecular complexity index is 1240. The molecule has 3 rings (SSSR count). The number of methoxy groups -OCH3 is 2. The Morgan fingerprint density at radius 2 is 1.81 bits per heavy atom. The summed E-state index contributed by atoms with van der Waals surface area (Å²) < 4.78 is 21.5. The number of nitrogens with one attached hydrogen (secondary N) is 3. The molecule has 11 nitrogen and oxygen atoms in total. The Morgan fingerprint density at radius 1 is 1.05 bits per heavy atom. The summed E-state index contributed by atoms with van der Waals surface area (Å²) in [4.78, 5) is 36.8. The Labute approximate surface area is 214 Å². The van der Waals surface area contributed by atoms with Crippen LogP contribution in [0.1, 0.15) is 36.6 Å². The molecule has 0 fully saturated rings. The van der Waals surface area contributed by atoms with Crippen LogP contribution in [0.2, 0.25) is 0 Å². The van der Waals surface area contributed by atoms with Crippen LogP contribution < -0.4 is 30.3 Å². The molecule has 0 saturated carbocycles. The van der Waals surface area contributed by atoms with Crippen molar-refractivity contribution in [3.8, 4) is 17.2 Å². The summed E-state index contributed by atoms with van der Waals surface area (Å²) in [6.45, 7) is 5.13. The molecule has 0 spiro atoms. The second kappa shape index (κ2) is 12.4. The minimum absolute atomic E-state index is 0.192. The normalized spacial score (nSPS) is 15.1. The zero-order chi connectivity index (χ0) is 26.9. The van der Waals surface area contributed by atoms with Crippen LogP contribution in [0.4, 0.5) is 4.79 Å². The van der Waals surface area contributed by atoms with Gasteiger partial charge in [0.1, 0.15) is 5.75 Å². The number of esters is 1. The van der Waals surface area contributed by atoms with Gasteiger partial charge in [0.05, 0.1) is 38.7 Å². The summed E-state index contributed by atoms with van der Waals surface area (Å²) in [5.74, 6) is 0.313. The van der Waals surface area contributed by atoms with Crippen molar-refractivity contribution in [1.82, 2.24) is 16.1 Å². The van der Waals surface area contributed by atoms with Gasteiger partial charge in [-0.3, -0.25) is 4.79 Å². The molecule has 0 aliphatic carbocycles. The summed E-state index contributed by atoms with van der Waals surface area (Å²) >= 11 is 0.